The molecule has 3 N–H and O–H groups in total. The third-order valence-electron chi connectivity index (χ3n) is 6.30. The molecule has 180 valence electrons. The molecule has 0 saturated heterocycles. The van der Waals surface area contributed by atoms with Gasteiger partial charge in [0, 0.05) is 24.1 Å². The molecule has 0 saturated carbocycles. The van der Waals surface area contributed by atoms with Crippen LogP contribution in [-0.2, 0) is 20.7 Å². The van der Waals surface area contributed by atoms with Crippen molar-refractivity contribution in [2.45, 2.75) is 46.0 Å². The predicted octanol–water partition coefficient (Wildman–Crippen LogP) is 4.72. The fourth-order valence-corrected chi connectivity index (χ4v) is 4.54. The van der Waals surface area contributed by atoms with E-state index in [-0.39, 0.29) is 35.2 Å². The van der Waals surface area contributed by atoms with Crippen molar-refractivity contribution in [1.82, 2.24) is 0 Å². The first kappa shape index (κ1) is 24.1. The van der Waals surface area contributed by atoms with Crippen molar-refractivity contribution in [2.24, 2.45) is 11.1 Å². The first-order valence-corrected chi connectivity index (χ1v) is 11.7. The maximum absolute atomic E-state index is 13.0. The zero-order valence-corrected chi connectivity index (χ0v) is 20.2. The number of hydrogen-bond donors (Lipinski definition) is 2. The van der Waals surface area contributed by atoms with Crippen molar-refractivity contribution in [3.63, 3.8) is 0 Å². The Bertz CT molecular complexity index is 1250. The van der Waals surface area contributed by atoms with Crippen LogP contribution in [0.3, 0.4) is 0 Å². The number of anilines is 1. The maximum atomic E-state index is 13.0. The number of ether oxygens (including phenoxy) is 2. The lowest BCUT2D eigenvalue weighted by Crippen LogP contribution is -2.33. The zero-order valence-electron chi connectivity index (χ0n) is 20.2. The summed E-state index contributed by atoms with van der Waals surface area (Å²) >= 11 is 0. The van der Waals surface area contributed by atoms with Crippen LogP contribution in [0.25, 0.3) is 0 Å². The van der Waals surface area contributed by atoms with E-state index in [1.165, 1.54) is 5.56 Å². The van der Waals surface area contributed by atoms with Gasteiger partial charge in [0.25, 0.3) is 5.91 Å². The Labute approximate surface area is 205 Å². The summed E-state index contributed by atoms with van der Waals surface area (Å²) in [5, 5.41) is 12.6. The number of benzene rings is 2. The molecule has 0 spiro atoms. The van der Waals surface area contributed by atoms with Crippen LogP contribution in [0.2, 0.25) is 0 Å². The second-order valence-electron chi connectivity index (χ2n) is 9.66. The normalized spacial score (nSPS) is 18.9. The van der Waals surface area contributed by atoms with Gasteiger partial charge >= 0.3 is 0 Å². The number of nitrogens with one attached hydrogen (secondary N) is 1. The number of amides is 1. The van der Waals surface area contributed by atoms with E-state index in [2.05, 4.69) is 18.3 Å². The van der Waals surface area contributed by atoms with Gasteiger partial charge in [-0.25, -0.2) is 0 Å². The molecule has 2 aromatic rings. The molecular formula is C28H29N3O4. The van der Waals surface area contributed by atoms with Crippen molar-refractivity contribution in [3.8, 4) is 11.8 Å². The van der Waals surface area contributed by atoms with Crippen LogP contribution >= 0.6 is 0 Å². The fourth-order valence-electron chi connectivity index (χ4n) is 4.54. The number of hydrogen-bond acceptors (Lipinski definition) is 6. The molecule has 0 fully saturated rings. The van der Waals surface area contributed by atoms with Gasteiger partial charge in [-0.05, 0) is 47.2 Å². The lowest BCUT2D eigenvalue weighted by molar-refractivity contribution is -0.119. The Morgan fingerprint density at radius 1 is 1.17 bits per heavy atom. The highest BCUT2D eigenvalue weighted by atomic mass is 16.5. The number of rotatable bonds is 6. The minimum Gasteiger partial charge on any atom is -0.484 e. The summed E-state index contributed by atoms with van der Waals surface area (Å²) in [6, 6.07) is 16.8. The van der Waals surface area contributed by atoms with Gasteiger partial charge in [0.2, 0.25) is 5.88 Å². The number of Topliss-reactive ketones (excluding diaryl/α,β-unsaturated/α-hetero) is 1. The SMILES string of the molecule is CCc1ccc(NC(=O)COc2ccc(C3C(C#N)=C(N)OC4=C3C(=O)CC(C)(C)C4)cc2)cc1. The summed E-state index contributed by atoms with van der Waals surface area (Å²) in [5.74, 6) is 0.178. The molecule has 2 aromatic carbocycles. The average Bonchev–Trinajstić information content (AvgIpc) is 2.82. The quantitative estimate of drug-likeness (QED) is 0.630. The molecule has 7 nitrogen and oxygen atoms in total. The second kappa shape index (κ2) is 9.67. The Morgan fingerprint density at radius 3 is 2.49 bits per heavy atom. The van der Waals surface area contributed by atoms with Gasteiger partial charge in [-0.2, -0.15) is 5.26 Å². The molecule has 0 radical (unpaired) electrons. The van der Waals surface area contributed by atoms with E-state index >= 15 is 0 Å². The third-order valence-corrected chi connectivity index (χ3v) is 6.30. The number of nitriles is 1. The van der Waals surface area contributed by atoms with Crippen molar-refractivity contribution in [2.75, 3.05) is 11.9 Å². The van der Waals surface area contributed by atoms with Crippen molar-refractivity contribution in [1.29, 1.82) is 5.26 Å². The molecule has 1 unspecified atom stereocenters. The second-order valence-corrected chi connectivity index (χ2v) is 9.66. The van der Waals surface area contributed by atoms with Gasteiger partial charge in [0.05, 0.1) is 5.92 Å². The highest BCUT2D eigenvalue weighted by Crippen LogP contribution is 2.47. The van der Waals surface area contributed by atoms with E-state index in [0.29, 0.717) is 35.6 Å². The van der Waals surface area contributed by atoms with E-state index < -0.39 is 5.92 Å². The number of nitrogens with two attached hydrogens (primary N) is 1. The highest BCUT2D eigenvalue weighted by Gasteiger charge is 2.42. The Kier molecular flexibility index (Phi) is 6.65. The molecule has 7 heteroatoms. The summed E-state index contributed by atoms with van der Waals surface area (Å²) in [6.07, 6.45) is 1.88. The lowest BCUT2D eigenvalue weighted by Gasteiger charge is -2.37. The maximum Gasteiger partial charge on any atom is 0.262 e. The molecule has 1 aliphatic carbocycles. The van der Waals surface area contributed by atoms with Crippen LogP contribution in [0.5, 0.6) is 5.75 Å². The molecule has 35 heavy (non-hydrogen) atoms. The molecule has 4 rings (SSSR count). The van der Waals surface area contributed by atoms with E-state index in [1.54, 1.807) is 24.3 Å². The molecule has 1 atom stereocenters. The number of carbonyl (C=O) groups excluding carboxylic acids is 2. The Balaban J connectivity index is 1.48. The molecule has 0 bridgehead atoms. The van der Waals surface area contributed by atoms with E-state index in [4.69, 9.17) is 15.2 Å². The van der Waals surface area contributed by atoms with Crippen LogP contribution in [-0.4, -0.2) is 18.3 Å². The van der Waals surface area contributed by atoms with Crippen LogP contribution in [0.15, 0.2) is 71.3 Å². The highest BCUT2D eigenvalue weighted by molar-refractivity contribution is 6.00. The van der Waals surface area contributed by atoms with Gasteiger partial charge in [-0.15, -0.1) is 0 Å². The van der Waals surface area contributed by atoms with Crippen LogP contribution < -0.4 is 15.8 Å². The summed E-state index contributed by atoms with van der Waals surface area (Å²) < 4.78 is 11.4. The summed E-state index contributed by atoms with van der Waals surface area (Å²) in [4.78, 5) is 25.3. The summed E-state index contributed by atoms with van der Waals surface area (Å²) in [5.41, 5.74) is 9.20. The van der Waals surface area contributed by atoms with Gasteiger partial charge in [0.1, 0.15) is 23.2 Å². The standard InChI is InChI=1S/C28H29N3O4/c1-4-17-5-9-19(10-6-17)31-24(33)16-34-20-11-7-18(8-12-20)25-21(15-29)27(30)35-23-14-28(2,3)13-22(32)26(23)25/h5-12,25H,4,13-14,16,30H2,1-3H3,(H,31,33). The average molecular weight is 472 g/mol. The number of allylic oxidation sites excluding steroid dienone is 3. The molecule has 1 heterocycles. The van der Waals surface area contributed by atoms with Crippen molar-refractivity contribution in [3.05, 3.63) is 82.4 Å². The van der Waals surface area contributed by atoms with E-state index in [9.17, 15) is 14.9 Å². The monoisotopic (exact) mass is 471 g/mol. The van der Waals surface area contributed by atoms with Gasteiger partial charge < -0.3 is 20.5 Å². The van der Waals surface area contributed by atoms with Gasteiger partial charge in [-0.3, -0.25) is 9.59 Å². The minimum absolute atomic E-state index is 0.0331. The van der Waals surface area contributed by atoms with Crippen LogP contribution in [0, 0.1) is 16.7 Å². The number of carbonyl (C=O) groups is 2. The van der Waals surface area contributed by atoms with Crippen molar-refractivity contribution >= 4 is 17.4 Å². The first-order valence-electron chi connectivity index (χ1n) is 11.7. The summed E-state index contributed by atoms with van der Waals surface area (Å²) in [6.45, 7) is 5.94. The fraction of sp³-hybridized carbons (Fsp3) is 0.321. The molecule has 1 amide bonds. The lowest BCUT2D eigenvalue weighted by atomic mass is 9.70. The van der Waals surface area contributed by atoms with Crippen LogP contribution in [0.4, 0.5) is 5.69 Å². The smallest absolute Gasteiger partial charge is 0.262 e. The molecule has 2 aliphatic rings. The minimum atomic E-state index is -0.587. The largest absolute Gasteiger partial charge is 0.484 e. The van der Waals surface area contributed by atoms with E-state index in [1.807, 2.05) is 38.1 Å². The van der Waals surface area contributed by atoms with E-state index in [0.717, 1.165) is 12.0 Å². The first-order chi connectivity index (χ1) is 16.7. The number of aryl methyl sites for hydroxylation is 1. The Morgan fingerprint density at radius 2 is 1.86 bits per heavy atom. The Hall–Kier alpha value is -4.05. The van der Waals surface area contributed by atoms with Gasteiger partial charge in [-0.1, -0.05) is 45.0 Å². The van der Waals surface area contributed by atoms with Crippen molar-refractivity contribution < 1.29 is 19.1 Å². The molecular weight excluding hydrogens is 442 g/mol. The van der Waals surface area contributed by atoms with Gasteiger partial charge in [0.15, 0.2) is 12.4 Å². The number of ketones is 1. The summed E-state index contributed by atoms with van der Waals surface area (Å²) in [7, 11) is 0. The topological polar surface area (TPSA) is 114 Å². The molecule has 0 aromatic heterocycles. The molecule has 1 aliphatic heterocycles. The van der Waals surface area contributed by atoms with Crippen LogP contribution in [0.1, 0.15) is 50.7 Å². The number of nitrogens with zero attached hydrogens (tertiary/aromatic N) is 1. The predicted molar refractivity (Wildman–Crippen MR) is 132 cm³/mol. The zero-order chi connectivity index (χ0) is 25.2. The third kappa shape index (κ3) is 5.22.